The molecule has 0 aliphatic carbocycles. The molecule has 0 amide bonds. The van der Waals surface area contributed by atoms with Gasteiger partial charge in [-0.25, -0.2) is 0 Å². The Balaban J connectivity index is 2.51. The first-order chi connectivity index (χ1) is 6.18. The molecule has 1 aromatic rings. The lowest BCUT2D eigenvalue weighted by molar-refractivity contribution is -0.383. The van der Waals surface area contributed by atoms with E-state index < -0.39 is 4.92 Å². The summed E-state index contributed by atoms with van der Waals surface area (Å²) in [6, 6.07) is 4.99. The average molecular weight is 199 g/mol. The highest BCUT2D eigenvalue weighted by Gasteiger charge is 2.25. The number of alkyl halides is 1. The van der Waals surface area contributed by atoms with E-state index in [1.807, 2.05) is 6.07 Å². The molecule has 1 N–H and O–H groups in total. The Morgan fingerprint density at radius 1 is 1.62 bits per heavy atom. The van der Waals surface area contributed by atoms with E-state index >= 15 is 0 Å². The minimum Gasteiger partial charge on any atom is -0.363 e. The Hall–Kier alpha value is -1.29. The van der Waals surface area contributed by atoms with Crippen LogP contribution in [-0.4, -0.2) is 10.4 Å². The fourth-order valence-corrected chi connectivity index (χ4v) is 1.75. The van der Waals surface area contributed by atoms with E-state index in [0.29, 0.717) is 12.1 Å². The Kier molecular flexibility index (Phi) is 1.84. The van der Waals surface area contributed by atoms with E-state index in [1.165, 1.54) is 6.07 Å². The maximum Gasteiger partial charge on any atom is 0.292 e. The molecule has 2 rings (SSSR count). The molecule has 1 aliphatic rings. The fraction of sp³-hybridized carbons (Fsp3) is 0.250. The molecular weight excluding hydrogens is 192 g/mol. The van der Waals surface area contributed by atoms with Crippen molar-refractivity contribution in [3.05, 3.63) is 33.9 Å². The maximum atomic E-state index is 10.6. The van der Waals surface area contributed by atoms with Crippen LogP contribution in [0.1, 0.15) is 5.56 Å². The van der Waals surface area contributed by atoms with Crippen molar-refractivity contribution in [3.8, 4) is 0 Å². The first-order valence-corrected chi connectivity index (χ1v) is 4.29. The molecular formula is C8H7ClN2O2. The zero-order chi connectivity index (χ0) is 9.42. The van der Waals surface area contributed by atoms with Gasteiger partial charge in [-0.05, 0) is 5.56 Å². The van der Waals surface area contributed by atoms with Gasteiger partial charge in [-0.2, -0.15) is 0 Å². The summed E-state index contributed by atoms with van der Waals surface area (Å²) in [5.74, 6) is 0. The number of hydrogen-bond donors (Lipinski definition) is 1. The Labute approximate surface area is 79.7 Å². The number of nitro groups is 1. The summed E-state index contributed by atoms with van der Waals surface area (Å²) in [5, 5.41) is 13.5. The van der Waals surface area contributed by atoms with Crippen molar-refractivity contribution < 1.29 is 4.92 Å². The first kappa shape index (κ1) is 8.31. The molecule has 0 saturated carbocycles. The number of nitrogens with one attached hydrogen (secondary N) is 1. The lowest BCUT2D eigenvalue weighted by atomic mass is 10.1. The monoisotopic (exact) mass is 198 g/mol. The third-order valence-electron chi connectivity index (χ3n) is 2.03. The number of benzene rings is 1. The van der Waals surface area contributed by atoms with Crippen LogP contribution >= 0.6 is 11.6 Å². The second-order valence-electron chi connectivity index (χ2n) is 2.88. The van der Waals surface area contributed by atoms with Crippen LogP contribution in [0, 0.1) is 10.1 Å². The summed E-state index contributed by atoms with van der Waals surface area (Å²) >= 11 is 5.82. The van der Waals surface area contributed by atoms with Gasteiger partial charge in [0.05, 0.1) is 4.92 Å². The Bertz CT molecular complexity index is 367. The lowest BCUT2D eigenvalue weighted by Crippen LogP contribution is -2.05. The molecule has 1 unspecified atom stereocenters. The van der Waals surface area contributed by atoms with Crippen LogP contribution in [0.3, 0.4) is 0 Å². The summed E-state index contributed by atoms with van der Waals surface area (Å²) in [4.78, 5) is 10.2. The minimum atomic E-state index is -0.402. The van der Waals surface area contributed by atoms with Crippen LogP contribution < -0.4 is 5.32 Å². The Morgan fingerprint density at radius 3 is 3.08 bits per heavy atom. The van der Waals surface area contributed by atoms with Crippen LogP contribution in [0.15, 0.2) is 18.2 Å². The normalized spacial score (nSPS) is 19.3. The van der Waals surface area contributed by atoms with Gasteiger partial charge in [-0.1, -0.05) is 23.7 Å². The molecule has 1 heterocycles. The van der Waals surface area contributed by atoms with Gasteiger partial charge in [0.25, 0.3) is 5.69 Å². The molecule has 1 aromatic carbocycles. The summed E-state index contributed by atoms with van der Waals surface area (Å²) in [7, 11) is 0. The topological polar surface area (TPSA) is 55.2 Å². The summed E-state index contributed by atoms with van der Waals surface area (Å²) in [6.07, 6.45) is 0.637. The van der Waals surface area contributed by atoms with Crippen LogP contribution in [0.25, 0.3) is 0 Å². The standard InChI is InChI=1S/C8H7ClN2O2/c9-7-4-5-2-1-3-6(11(12)13)8(5)10-7/h1-3,7,10H,4H2. The number of nitro benzene ring substituents is 1. The van der Waals surface area contributed by atoms with Crippen molar-refractivity contribution in [1.82, 2.24) is 0 Å². The number of para-hydroxylation sites is 1. The smallest absolute Gasteiger partial charge is 0.292 e. The number of halogens is 1. The third kappa shape index (κ3) is 1.33. The van der Waals surface area contributed by atoms with Crippen LogP contribution in [-0.2, 0) is 6.42 Å². The van der Waals surface area contributed by atoms with E-state index in [4.69, 9.17) is 11.6 Å². The predicted molar refractivity (Wildman–Crippen MR) is 50.1 cm³/mol. The molecule has 1 aliphatic heterocycles. The van der Waals surface area contributed by atoms with E-state index in [2.05, 4.69) is 5.32 Å². The molecule has 0 fully saturated rings. The van der Waals surface area contributed by atoms with E-state index in [0.717, 1.165) is 5.56 Å². The second-order valence-corrected chi connectivity index (χ2v) is 3.41. The highest BCUT2D eigenvalue weighted by molar-refractivity contribution is 6.22. The molecule has 68 valence electrons. The average Bonchev–Trinajstić information content (AvgIpc) is 2.43. The van der Waals surface area contributed by atoms with Gasteiger partial charge in [0, 0.05) is 12.5 Å². The van der Waals surface area contributed by atoms with Crippen molar-refractivity contribution in [3.63, 3.8) is 0 Å². The van der Waals surface area contributed by atoms with Gasteiger partial charge < -0.3 is 5.32 Å². The van der Waals surface area contributed by atoms with Gasteiger partial charge in [0.2, 0.25) is 0 Å². The molecule has 5 heteroatoms. The summed E-state index contributed by atoms with van der Waals surface area (Å²) < 4.78 is 0. The zero-order valence-electron chi connectivity index (χ0n) is 6.66. The molecule has 0 saturated heterocycles. The van der Waals surface area contributed by atoms with Gasteiger partial charge in [0.15, 0.2) is 0 Å². The summed E-state index contributed by atoms with van der Waals surface area (Å²) in [6.45, 7) is 0. The second kappa shape index (κ2) is 2.88. The highest BCUT2D eigenvalue weighted by atomic mass is 35.5. The fourth-order valence-electron chi connectivity index (χ4n) is 1.48. The van der Waals surface area contributed by atoms with Crippen molar-refractivity contribution in [2.24, 2.45) is 0 Å². The molecule has 1 atom stereocenters. The number of anilines is 1. The maximum absolute atomic E-state index is 10.6. The third-order valence-corrected chi connectivity index (χ3v) is 2.29. The predicted octanol–water partition coefficient (Wildman–Crippen LogP) is 2.13. The SMILES string of the molecule is O=[N+]([O-])c1cccc2c1NC(Cl)C2. The molecule has 0 radical (unpaired) electrons. The van der Waals surface area contributed by atoms with Gasteiger partial charge in [-0.15, -0.1) is 0 Å². The van der Waals surface area contributed by atoms with Crippen LogP contribution in [0.4, 0.5) is 11.4 Å². The van der Waals surface area contributed by atoms with Crippen molar-refractivity contribution in [2.75, 3.05) is 5.32 Å². The number of rotatable bonds is 1. The number of nitrogens with zero attached hydrogens (tertiary/aromatic N) is 1. The van der Waals surface area contributed by atoms with Crippen molar-refractivity contribution in [2.45, 2.75) is 11.9 Å². The van der Waals surface area contributed by atoms with Gasteiger partial charge >= 0.3 is 0 Å². The summed E-state index contributed by atoms with van der Waals surface area (Å²) in [5.41, 5.74) is 1.35. The van der Waals surface area contributed by atoms with Gasteiger partial charge in [0.1, 0.15) is 11.2 Å². The minimum absolute atomic E-state index is 0.0978. The van der Waals surface area contributed by atoms with Crippen molar-refractivity contribution >= 4 is 23.0 Å². The first-order valence-electron chi connectivity index (χ1n) is 3.85. The molecule has 4 nitrogen and oxygen atoms in total. The largest absolute Gasteiger partial charge is 0.363 e. The molecule has 0 spiro atoms. The van der Waals surface area contributed by atoms with Crippen molar-refractivity contribution in [1.29, 1.82) is 0 Å². The molecule has 13 heavy (non-hydrogen) atoms. The highest BCUT2D eigenvalue weighted by Crippen LogP contribution is 2.35. The van der Waals surface area contributed by atoms with Gasteiger partial charge in [-0.3, -0.25) is 10.1 Å². The molecule has 0 aromatic heterocycles. The van der Waals surface area contributed by atoms with Crippen LogP contribution in [0.2, 0.25) is 0 Å². The van der Waals surface area contributed by atoms with E-state index in [9.17, 15) is 10.1 Å². The van der Waals surface area contributed by atoms with E-state index in [-0.39, 0.29) is 11.2 Å². The van der Waals surface area contributed by atoms with Crippen LogP contribution in [0.5, 0.6) is 0 Å². The number of hydrogen-bond acceptors (Lipinski definition) is 3. The lowest BCUT2D eigenvalue weighted by Gasteiger charge is -2.01. The van der Waals surface area contributed by atoms with E-state index in [1.54, 1.807) is 6.07 Å². The number of fused-ring (bicyclic) bond motifs is 1. The Morgan fingerprint density at radius 2 is 2.38 bits per heavy atom. The zero-order valence-corrected chi connectivity index (χ0v) is 7.41. The quantitative estimate of drug-likeness (QED) is 0.326. The molecule has 0 bridgehead atoms.